The third-order valence-corrected chi connectivity index (χ3v) is 6.30. The zero-order valence-corrected chi connectivity index (χ0v) is 13.5. The van der Waals surface area contributed by atoms with Crippen LogP contribution in [0.25, 0.3) is 0 Å². The van der Waals surface area contributed by atoms with Gasteiger partial charge in [-0.25, -0.2) is 8.51 Å². The van der Waals surface area contributed by atoms with Crippen molar-refractivity contribution in [2.75, 3.05) is 13.1 Å². The van der Waals surface area contributed by atoms with Gasteiger partial charge in [0.2, 0.25) is 0 Å². The first-order chi connectivity index (χ1) is 10.3. The van der Waals surface area contributed by atoms with Gasteiger partial charge in [0.1, 0.15) is 11.0 Å². The summed E-state index contributed by atoms with van der Waals surface area (Å²) in [5, 5.41) is 0.594. The van der Waals surface area contributed by atoms with Crippen LogP contribution >= 0.6 is 11.6 Å². The summed E-state index contributed by atoms with van der Waals surface area (Å²) in [5.74, 6) is 1.24. The average Bonchev–Trinajstić information content (AvgIpc) is 2.56. The molecule has 0 aromatic heterocycles. The molecule has 1 fully saturated rings. The van der Waals surface area contributed by atoms with Gasteiger partial charge in [0.25, 0.3) is 0 Å². The molecule has 1 aromatic carbocycles. The van der Waals surface area contributed by atoms with Gasteiger partial charge >= 0.3 is 0 Å². The van der Waals surface area contributed by atoms with Gasteiger partial charge in [-0.1, -0.05) is 48.0 Å². The molecule has 3 rings (SSSR count). The summed E-state index contributed by atoms with van der Waals surface area (Å²) in [6.07, 6.45) is 12.4. The molecule has 0 spiro atoms. The minimum absolute atomic E-state index is 0.564. The van der Waals surface area contributed by atoms with Crippen molar-refractivity contribution in [1.82, 2.24) is 4.31 Å². The third-order valence-electron chi connectivity index (χ3n) is 4.29. The van der Waals surface area contributed by atoms with Crippen LogP contribution in [0.4, 0.5) is 0 Å². The first-order valence-electron chi connectivity index (χ1n) is 7.50. The van der Waals surface area contributed by atoms with Crippen molar-refractivity contribution in [2.24, 2.45) is 11.8 Å². The maximum atomic E-state index is 12.6. The van der Waals surface area contributed by atoms with Crippen molar-refractivity contribution in [3.8, 4) is 0 Å². The number of allylic oxidation sites excluding steroid dienone is 4. The average molecular weight is 322 g/mol. The van der Waals surface area contributed by atoms with Crippen molar-refractivity contribution in [3.63, 3.8) is 0 Å². The topological polar surface area (TPSA) is 20.3 Å². The maximum absolute atomic E-state index is 12.6. The predicted octanol–water partition coefficient (Wildman–Crippen LogP) is 4.21. The number of nitrogens with zero attached hydrogens (tertiary/aromatic N) is 1. The molecule has 1 aliphatic carbocycles. The van der Waals surface area contributed by atoms with Crippen molar-refractivity contribution in [1.29, 1.82) is 0 Å². The zero-order chi connectivity index (χ0) is 14.7. The first-order valence-corrected chi connectivity index (χ1v) is 8.99. The molecule has 1 aromatic rings. The van der Waals surface area contributed by atoms with Crippen LogP contribution in [0.2, 0.25) is 5.02 Å². The molecular formula is C17H20ClNOS. The van der Waals surface area contributed by atoms with E-state index in [9.17, 15) is 4.21 Å². The quantitative estimate of drug-likeness (QED) is 0.764. The summed E-state index contributed by atoms with van der Waals surface area (Å²) in [6, 6.07) is 7.43. The lowest BCUT2D eigenvalue weighted by atomic mass is 9.83. The Labute approximate surface area is 134 Å². The molecule has 1 aliphatic heterocycles. The van der Waals surface area contributed by atoms with E-state index in [4.69, 9.17) is 11.6 Å². The number of hydrogen-bond donors (Lipinski definition) is 0. The van der Waals surface area contributed by atoms with Crippen LogP contribution in [0, 0.1) is 11.8 Å². The molecule has 0 bridgehead atoms. The van der Waals surface area contributed by atoms with Crippen LogP contribution in [-0.4, -0.2) is 21.6 Å². The first kappa shape index (κ1) is 15.0. The number of piperidine rings is 1. The van der Waals surface area contributed by atoms with E-state index in [1.54, 1.807) is 6.07 Å². The molecule has 112 valence electrons. The van der Waals surface area contributed by atoms with E-state index in [0.29, 0.717) is 16.9 Å². The smallest absolute Gasteiger partial charge is 0.129 e. The minimum atomic E-state index is -1.14. The van der Waals surface area contributed by atoms with Crippen molar-refractivity contribution in [2.45, 2.75) is 24.2 Å². The molecule has 0 saturated carbocycles. The Morgan fingerprint density at radius 2 is 1.76 bits per heavy atom. The van der Waals surface area contributed by atoms with Gasteiger partial charge in [0, 0.05) is 13.1 Å². The van der Waals surface area contributed by atoms with Crippen molar-refractivity contribution in [3.05, 3.63) is 53.6 Å². The molecular weight excluding hydrogens is 302 g/mol. The van der Waals surface area contributed by atoms with Crippen LogP contribution in [-0.2, 0) is 11.0 Å². The van der Waals surface area contributed by atoms with Crippen LogP contribution in [0.1, 0.15) is 19.3 Å². The number of benzene rings is 1. The second-order valence-corrected chi connectivity index (χ2v) is 7.48. The van der Waals surface area contributed by atoms with E-state index in [-0.39, 0.29) is 0 Å². The highest BCUT2D eigenvalue weighted by molar-refractivity contribution is 7.82. The summed E-state index contributed by atoms with van der Waals surface area (Å²) < 4.78 is 14.7. The van der Waals surface area contributed by atoms with E-state index < -0.39 is 11.0 Å². The van der Waals surface area contributed by atoms with Gasteiger partial charge < -0.3 is 0 Å². The Balaban J connectivity index is 1.62. The predicted molar refractivity (Wildman–Crippen MR) is 88.5 cm³/mol. The van der Waals surface area contributed by atoms with Gasteiger partial charge in [-0.2, -0.15) is 0 Å². The molecule has 21 heavy (non-hydrogen) atoms. The van der Waals surface area contributed by atoms with Crippen molar-refractivity contribution < 1.29 is 4.21 Å². The molecule has 2 aliphatic rings. The summed E-state index contributed by atoms with van der Waals surface area (Å²) in [5.41, 5.74) is 0. The minimum Gasteiger partial charge on any atom is -0.237 e. The summed E-state index contributed by atoms with van der Waals surface area (Å²) >= 11 is 6.15. The second-order valence-electron chi connectivity index (χ2n) is 5.62. The lowest BCUT2D eigenvalue weighted by Crippen LogP contribution is -2.37. The van der Waals surface area contributed by atoms with Gasteiger partial charge in [-0.15, -0.1) is 0 Å². The summed E-state index contributed by atoms with van der Waals surface area (Å²) in [6.45, 7) is 1.75. The van der Waals surface area contributed by atoms with Gasteiger partial charge in [0.05, 0.1) is 9.92 Å². The van der Waals surface area contributed by atoms with E-state index in [2.05, 4.69) is 24.3 Å². The van der Waals surface area contributed by atoms with E-state index >= 15 is 0 Å². The molecule has 1 saturated heterocycles. The highest BCUT2D eigenvalue weighted by Crippen LogP contribution is 2.31. The molecule has 0 radical (unpaired) electrons. The largest absolute Gasteiger partial charge is 0.237 e. The SMILES string of the molecule is O=S(c1ccccc1Cl)N1CCC(C2C=CCC=C2)CC1. The fraction of sp³-hybridized carbons (Fsp3) is 0.412. The Hall–Kier alpha value is -0.900. The third kappa shape index (κ3) is 3.47. The summed E-state index contributed by atoms with van der Waals surface area (Å²) in [4.78, 5) is 0.732. The molecule has 4 heteroatoms. The molecule has 1 unspecified atom stereocenters. The number of halogens is 1. The van der Waals surface area contributed by atoms with Crippen LogP contribution in [0.3, 0.4) is 0 Å². The Morgan fingerprint density at radius 3 is 2.43 bits per heavy atom. The van der Waals surface area contributed by atoms with Crippen LogP contribution < -0.4 is 0 Å². The van der Waals surface area contributed by atoms with Crippen LogP contribution in [0.5, 0.6) is 0 Å². The normalized spacial score (nSPS) is 22.5. The van der Waals surface area contributed by atoms with Gasteiger partial charge in [-0.3, -0.25) is 0 Å². The second kappa shape index (κ2) is 6.91. The molecule has 1 heterocycles. The van der Waals surface area contributed by atoms with Crippen molar-refractivity contribution >= 4 is 22.6 Å². The Kier molecular flexibility index (Phi) is 4.94. The molecule has 0 N–H and O–H groups in total. The highest BCUT2D eigenvalue weighted by atomic mass is 35.5. The van der Waals surface area contributed by atoms with E-state index in [1.807, 2.05) is 22.5 Å². The molecule has 1 atom stereocenters. The standard InChI is InChI=1S/C17H20ClNOS/c18-16-8-4-5-9-17(16)21(20)19-12-10-15(11-13-19)14-6-2-1-3-7-14/h2-9,14-15H,1,10-13H2. The van der Waals surface area contributed by atoms with Gasteiger partial charge in [-0.05, 0) is 43.2 Å². The number of hydrogen-bond acceptors (Lipinski definition) is 1. The lowest BCUT2D eigenvalue weighted by molar-refractivity contribution is 0.257. The molecule has 0 amide bonds. The fourth-order valence-electron chi connectivity index (χ4n) is 3.08. The lowest BCUT2D eigenvalue weighted by Gasteiger charge is -2.33. The van der Waals surface area contributed by atoms with E-state index in [1.165, 1.54) is 0 Å². The Morgan fingerprint density at radius 1 is 1.10 bits per heavy atom. The Bertz CT molecular complexity index is 564. The summed E-state index contributed by atoms with van der Waals surface area (Å²) in [7, 11) is -1.14. The number of rotatable bonds is 3. The fourth-order valence-corrected chi connectivity index (χ4v) is 4.66. The monoisotopic (exact) mass is 321 g/mol. The zero-order valence-electron chi connectivity index (χ0n) is 12.0. The van der Waals surface area contributed by atoms with Gasteiger partial charge in [0.15, 0.2) is 0 Å². The van der Waals surface area contributed by atoms with E-state index in [0.717, 1.165) is 37.2 Å². The maximum Gasteiger partial charge on any atom is 0.129 e. The van der Waals surface area contributed by atoms with Crippen LogP contribution in [0.15, 0.2) is 53.5 Å². The highest BCUT2D eigenvalue weighted by Gasteiger charge is 2.27. The molecule has 2 nitrogen and oxygen atoms in total.